The van der Waals surface area contributed by atoms with E-state index >= 15 is 0 Å². The van der Waals surface area contributed by atoms with Crippen molar-refractivity contribution in [3.63, 3.8) is 0 Å². The van der Waals surface area contributed by atoms with Crippen molar-refractivity contribution in [1.29, 1.82) is 0 Å². The fourth-order valence-electron chi connectivity index (χ4n) is 2.45. The minimum absolute atomic E-state index is 0.198. The molecule has 3 nitrogen and oxygen atoms in total. The molecule has 1 atom stereocenters. The molecule has 0 radical (unpaired) electrons. The average molecular weight is 378 g/mol. The largest absolute Gasteiger partial charge is 0.395 e. The molecule has 21 heavy (non-hydrogen) atoms. The molecule has 1 aromatic carbocycles. The molecule has 120 valence electrons. The Labute approximate surface area is 141 Å². The van der Waals surface area contributed by atoms with E-state index in [0.29, 0.717) is 12.6 Å². The first kappa shape index (κ1) is 18.9. The third-order valence-electron chi connectivity index (χ3n) is 3.61. The van der Waals surface area contributed by atoms with Gasteiger partial charge in [0.15, 0.2) is 0 Å². The van der Waals surface area contributed by atoms with Gasteiger partial charge in [-0.2, -0.15) is 0 Å². The van der Waals surface area contributed by atoms with E-state index in [1.165, 1.54) is 0 Å². The number of hydrogen-bond acceptors (Lipinski definition) is 3. The predicted octanol–water partition coefficient (Wildman–Crippen LogP) is 3.85. The Morgan fingerprint density at radius 3 is 2.57 bits per heavy atom. The smallest absolute Gasteiger partial charge is 0.0558 e. The maximum absolute atomic E-state index is 9.16. The molecular formula is C16H26BrClN2O. The summed E-state index contributed by atoms with van der Waals surface area (Å²) in [6.45, 7) is 9.16. The van der Waals surface area contributed by atoms with E-state index in [2.05, 4.69) is 53.0 Å². The van der Waals surface area contributed by atoms with Crippen LogP contribution in [0.5, 0.6) is 0 Å². The molecule has 2 N–H and O–H groups in total. The summed E-state index contributed by atoms with van der Waals surface area (Å²) in [6, 6.07) is 6.70. The molecule has 0 bridgehead atoms. The van der Waals surface area contributed by atoms with Gasteiger partial charge in [-0.05, 0) is 44.5 Å². The van der Waals surface area contributed by atoms with E-state index in [-0.39, 0.29) is 12.6 Å². The summed E-state index contributed by atoms with van der Waals surface area (Å²) in [5.41, 5.74) is 1.13. The summed E-state index contributed by atoms with van der Waals surface area (Å²) in [5, 5.41) is 13.5. The number of aliphatic hydroxyl groups excluding tert-OH is 1. The van der Waals surface area contributed by atoms with Crippen molar-refractivity contribution < 1.29 is 5.11 Å². The zero-order valence-electron chi connectivity index (χ0n) is 13.1. The van der Waals surface area contributed by atoms with Crippen LogP contribution in [0.15, 0.2) is 22.7 Å². The van der Waals surface area contributed by atoms with Crippen molar-refractivity contribution in [1.82, 2.24) is 10.2 Å². The number of hydrogen-bond donors (Lipinski definition) is 2. The van der Waals surface area contributed by atoms with E-state index in [1.807, 2.05) is 12.1 Å². The summed E-state index contributed by atoms with van der Waals surface area (Å²) in [6.07, 6.45) is 0.966. The summed E-state index contributed by atoms with van der Waals surface area (Å²) >= 11 is 9.82. The topological polar surface area (TPSA) is 35.5 Å². The van der Waals surface area contributed by atoms with Gasteiger partial charge in [0.05, 0.1) is 6.61 Å². The quantitative estimate of drug-likeness (QED) is 0.686. The lowest BCUT2D eigenvalue weighted by molar-refractivity contribution is 0.159. The molecule has 0 fully saturated rings. The molecular weight excluding hydrogens is 352 g/mol. The van der Waals surface area contributed by atoms with E-state index in [4.69, 9.17) is 16.7 Å². The Morgan fingerprint density at radius 1 is 1.33 bits per heavy atom. The zero-order valence-corrected chi connectivity index (χ0v) is 15.4. The second-order valence-corrected chi connectivity index (χ2v) is 6.74. The van der Waals surface area contributed by atoms with Gasteiger partial charge in [-0.1, -0.05) is 40.5 Å². The Bertz CT molecular complexity index is 429. The number of rotatable bonds is 9. The normalized spacial score (nSPS) is 13.1. The standard InChI is InChI=1S/C16H26BrClN2O/c1-4-19-16(7-8-20(9-10-21)12(2)3)14-6-5-13(17)11-15(14)18/h5-6,11-12,16,19,21H,4,7-10H2,1-3H3. The first-order valence-electron chi connectivity index (χ1n) is 7.52. The van der Waals surface area contributed by atoms with Crippen LogP contribution in [0.4, 0.5) is 0 Å². The Hall–Kier alpha value is -0.130. The number of aliphatic hydroxyl groups is 1. The minimum atomic E-state index is 0.198. The lowest BCUT2D eigenvalue weighted by Crippen LogP contribution is -2.36. The Kier molecular flexibility index (Phi) is 8.83. The summed E-state index contributed by atoms with van der Waals surface area (Å²) < 4.78 is 0.996. The molecule has 0 amide bonds. The van der Waals surface area contributed by atoms with Crippen LogP contribution in [0, 0.1) is 0 Å². The Morgan fingerprint density at radius 2 is 2.05 bits per heavy atom. The monoisotopic (exact) mass is 376 g/mol. The van der Waals surface area contributed by atoms with Gasteiger partial charge >= 0.3 is 0 Å². The second kappa shape index (κ2) is 9.80. The van der Waals surface area contributed by atoms with Crippen LogP contribution < -0.4 is 5.32 Å². The molecule has 1 aromatic rings. The molecule has 0 aromatic heterocycles. The molecule has 0 spiro atoms. The van der Waals surface area contributed by atoms with E-state index < -0.39 is 0 Å². The van der Waals surface area contributed by atoms with Crippen LogP contribution in [0.2, 0.25) is 5.02 Å². The van der Waals surface area contributed by atoms with Crippen molar-refractivity contribution in [2.75, 3.05) is 26.2 Å². The van der Waals surface area contributed by atoms with Crippen molar-refractivity contribution >= 4 is 27.5 Å². The van der Waals surface area contributed by atoms with Crippen LogP contribution in [0.25, 0.3) is 0 Å². The molecule has 0 heterocycles. The first-order chi connectivity index (χ1) is 9.99. The first-order valence-corrected chi connectivity index (χ1v) is 8.69. The Balaban J connectivity index is 2.77. The zero-order chi connectivity index (χ0) is 15.8. The highest BCUT2D eigenvalue weighted by molar-refractivity contribution is 9.10. The fourth-order valence-corrected chi connectivity index (χ4v) is 3.25. The average Bonchev–Trinajstić information content (AvgIpc) is 2.42. The number of benzene rings is 1. The van der Waals surface area contributed by atoms with Gasteiger partial charge in [-0.25, -0.2) is 0 Å². The third kappa shape index (κ3) is 6.25. The number of halogens is 2. The number of nitrogens with one attached hydrogen (secondary N) is 1. The molecule has 5 heteroatoms. The van der Waals surface area contributed by atoms with E-state index in [0.717, 1.165) is 34.6 Å². The lowest BCUT2D eigenvalue weighted by atomic mass is 10.0. The van der Waals surface area contributed by atoms with Crippen molar-refractivity contribution in [2.45, 2.75) is 39.3 Å². The third-order valence-corrected chi connectivity index (χ3v) is 4.43. The van der Waals surface area contributed by atoms with Crippen molar-refractivity contribution in [3.05, 3.63) is 33.3 Å². The van der Waals surface area contributed by atoms with Gasteiger partial charge in [0.1, 0.15) is 0 Å². The van der Waals surface area contributed by atoms with E-state index in [1.54, 1.807) is 0 Å². The molecule has 0 aliphatic carbocycles. The summed E-state index contributed by atoms with van der Waals surface area (Å²) in [4.78, 5) is 2.29. The minimum Gasteiger partial charge on any atom is -0.395 e. The SMILES string of the molecule is CCNC(CCN(CCO)C(C)C)c1ccc(Br)cc1Cl. The van der Waals surface area contributed by atoms with Crippen LogP contribution in [-0.2, 0) is 0 Å². The van der Waals surface area contributed by atoms with Gasteiger partial charge in [-0.3, -0.25) is 4.90 Å². The highest BCUT2D eigenvalue weighted by Gasteiger charge is 2.17. The van der Waals surface area contributed by atoms with Crippen molar-refractivity contribution in [2.24, 2.45) is 0 Å². The maximum Gasteiger partial charge on any atom is 0.0558 e. The fraction of sp³-hybridized carbons (Fsp3) is 0.625. The van der Waals surface area contributed by atoms with Crippen LogP contribution in [0.1, 0.15) is 38.8 Å². The molecule has 0 aliphatic heterocycles. The van der Waals surface area contributed by atoms with Gasteiger partial charge in [0, 0.05) is 34.7 Å². The molecule has 0 aliphatic rings. The van der Waals surface area contributed by atoms with Crippen LogP contribution in [-0.4, -0.2) is 42.3 Å². The van der Waals surface area contributed by atoms with Crippen molar-refractivity contribution in [3.8, 4) is 0 Å². The highest BCUT2D eigenvalue weighted by atomic mass is 79.9. The van der Waals surface area contributed by atoms with Crippen LogP contribution in [0.3, 0.4) is 0 Å². The molecule has 0 saturated heterocycles. The van der Waals surface area contributed by atoms with Crippen LogP contribution >= 0.6 is 27.5 Å². The molecule has 1 unspecified atom stereocenters. The predicted molar refractivity (Wildman–Crippen MR) is 94.0 cm³/mol. The molecule has 1 rings (SSSR count). The van der Waals surface area contributed by atoms with Gasteiger partial charge < -0.3 is 10.4 Å². The van der Waals surface area contributed by atoms with Gasteiger partial charge in [0.25, 0.3) is 0 Å². The lowest BCUT2D eigenvalue weighted by Gasteiger charge is -2.28. The number of nitrogens with zero attached hydrogens (tertiary/aromatic N) is 1. The van der Waals surface area contributed by atoms with Gasteiger partial charge in [0.2, 0.25) is 0 Å². The molecule has 0 saturated carbocycles. The maximum atomic E-state index is 9.16. The highest BCUT2D eigenvalue weighted by Crippen LogP contribution is 2.28. The van der Waals surface area contributed by atoms with Gasteiger partial charge in [-0.15, -0.1) is 0 Å². The van der Waals surface area contributed by atoms with E-state index in [9.17, 15) is 0 Å². The second-order valence-electron chi connectivity index (χ2n) is 5.42. The summed E-state index contributed by atoms with van der Waals surface area (Å²) in [7, 11) is 0. The summed E-state index contributed by atoms with van der Waals surface area (Å²) in [5.74, 6) is 0.